The van der Waals surface area contributed by atoms with Crippen molar-refractivity contribution in [2.45, 2.75) is 13.0 Å². The molecule has 0 saturated carbocycles. The number of aliphatic hydroxyl groups is 1. The largest absolute Gasteiger partial charge is 0.487 e. The van der Waals surface area contributed by atoms with E-state index < -0.39 is 6.10 Å². The first kappa shape index (κ1) is 22.0. The second-order valence-electron chi connectivity index (χ2n) is 7.59. The molecule has 30 heavy (non-hydrogen) atoms. The van der Waals surface area contributed by atoms with Crippen LogP contribution in [0.1, 0.15) is 12.5 Å². The zero-order valence-electron chi connectivity index (χ0n) is 17.7. The molecule has 2 aromatic carbocycles. The summed E-state index contributed by atoms with van der Waals surface area (Å²) < 4.78 is 11.7. The third-order valence-corrected chi connectivity index (χ3v) is 5.01. The van der Waals surface area contributed by atoms with Crippen molar-refractivity contribution in [3.8, 4) is 11.5 Å². The van der Waals surface area contributed by atoms with E-state index in [2.05, 4.69) is 16.8 Å². The topological polar surface area (TPSA) is 62.2 Å². The number of allylic oxidation sites excluding steroid dienone is 1. The third-order valence-electron chi connectivity index (χ3n) is 5.01. The molecule has 6 nitrogen and oxygen atoms in total. The van der Waals surface area contributed by atoms with Crippen LogP contribution in [-0.2, 0) is 4.79 Å². The van der Waals surface area contributed by atoms with Gasteiger partial charge in [0.2, 0.25) is 0 Å². The molecule has 0 aliphatic carbocycles. The highest BCUT2D eigenvalue weighted by atomic mass is 16.5. The van der Waals surface area contributed by atoms with Crippen LogP contribution in [0.4, 0.5) is 0 Å². The molecule has 6 heteroatoms. The summed E-state index contributed by atoms with van der Waals surface area (Å²) in [6, 6.07) is 16.7. The molecule has 1 heterocycles. The Kier molecular flexibility index (Phi) is 8.02. The minimum atomic E-state index is -0.603. The lowest BCUT2D eigenvalue weighted by molar-refractivity contribution is -0.115. The Labute approximate surface area is 178 Å². The molecule has 1 unspecified atom stereocenters. The first-order valence-corrected chi connectivity index (χ1v) is 10.3. The normalized spacial score (nSPS) is 16.8. The van der Waals surface area contributed by atoms with Crippen molar-refractivity contribution in [3.05, 3.63) is 65.9 Å². The predicted octanol–water partition coefficient (Wildman–Crippen LogP) is 2.68. The van der Waals surface area contributed by atoms with Gasteiger partial charge in [0.1, 0.15) is 12.7 Å². The molecule has 0 bridgehead atoms. The van der Waals surface area contributed by atoms with Gasteiger partial charge in [0, 0.05) is 39.6 Å². The van der Waals surface area contributed by atoms with Crippen LogP contribution in [0.2, 0.25) is 0 Å². The Bertz CT molecular complexity index is 845. The van der Waals surface area contributed by atoms with Gasteiger partial charge >= 0.3 is 0 Å². The number of nitrogens with zero attached hydrogens (tertiary/aromatic N) is 2. The number of para-hydroxylation sites is 2. The van der Waals surface area contributed by atoms with Crippen molar-refractivity contribution in [2.24, 2.45) is 0 Å². The second kappa shape index (κ2) is 10.9. The van der Waals surface area contributed by atoms with Gasteiger partial charge < -0.3 is 19.5 Å². The summed E-state index contributed by atoms with van der Waals surface area (Å²) in [5.74, 6) is 0.996. The number of hydrogen-bond donors (Lipinski definition) is 1. The van der Waals surface area contributed by atoms with Crippen molar-refractivity contribution in [3.63, 3.8) is 0 Å². The molecule has 160 valence electrons. The van der Waals surface area contributed by atoms with Gasteiger partial charge in [-0.1, -0.05) is 42.5 Å². The van der Waals surface area contributed by atoms with Crippen LogP contribution in [-0.4, -0.2) is 73.2 Å². The number of likely N-dealkylation sites (N-methyl/N-ethyl adjacent to an activating group) is 1. The van der Waals surface area contributed by atoms with E-state index in [1.54, 1.807) is 18.2 Å². The smallest absolute Gasteiger partial charge is 0.194 e. The maximum absolute atomic E-state index is 12.1. The number of aliphatic hydroxyl groups excluding tert-OH is 1. The van der Waals surface area contributed by atoms with Crippen LogP contribution in [0.15, 0.2) is 60.4 Å². The first-order chi connectivity index (χ1) is 14.5. The number of carbonyl (C=O) groups excluding carboxylic acids is 1. The van der Waals surface area contributed by atoms with Gasteiger partial charge in [-0.15, -0.1) is 0 Å². The minimum absolute atomic E-state index is 0.157. The van der Waals surface area contributed by atoms with Gasteiger partial charge in [0.15, 0.2) is 23.0 Å². The zero-order valence-corrected chi connectivity index (χ0v) is 17.7. The van der Waals surface area contributed by atoms with Crippen LogP contribution < -0.4 is 9.47 Å². The van der Waals surface area contributed by atoms with Gasteiger partial charge in [-0.05, 0) is 30.8 Å². The maximum atomic E-state index is 12.1. The number of ether oxygens (including phenoxy) is 2. The quantitative estimate of drug-likeness (QED) is 0.507. The number of rotatable bonds is 9. The van der Waals surface area contributed by atoms with Gasteiger partial charge in [0.25, 0.3) is 0 Å². The molecule has 3 rings (SSSR count). The Morgan fingerprint density at radius 2 is 1.67 bits per heavy atom. The molecule has 1 N–H and O–H groups in total. The predicted molar refractivity (Wildman–Crippen MR) is 118 cm³/mol. The Hall–Kier alpha value is -2.67. The summed E-state index contributed by atoms with van der Waals surface area (Å²) in [4.78, 5) is 16.6. The lowest BCUT2D eigenvalue weighted by Gasteiger charge is -2.33. The summed E-state index contributed by atoms with van der Waals surface area (Å²) in [5, 5.41) is 10.4. The molecule has 1 saturated heterocycles. The summed E-state index contributed by atoms with van der Waals surface area (Å²) in [6.07, 6.45) is 1.11. The summed E-state index contributed by atoms with van der Waals surface area (Å²) in [5.41, 5.74) is 0.878. The number of benzene rings is 2. The van der Waals surface area contributed by atoms with E-state index in [0.29, 0.717) is 18.0 Å². The van der Waals surface area contributed by atoms with E-state index in [1.807, 2.05) is 42.5 Å². The number of Topliss-reactive ketones (excluding diaryl/α,β-unsaturated/α-hetero) is 1. The fourth-order valence-electron chi connectivity index (χ4n) is 3.24. The Morgan fingerprint density at radius 1 is 1.03 bits per heavy atom. The molecule has 0 amide bonds. The van der Waals surface area contributed by atoms with Crippen molar-refractivity contribution in [1.82, 2.24) is 9.80 Å². The van der Waals surface area contributed by atoms with Crippen molar-refractivity contribution >= 4 is 11.9 Å². The number of ketones is 1. The average molecular weight is 411 g/mol. The maximum Gasteiger partial charge on any atom is 0.194 e. The zero-order chi connectivity index (χ0) is 21.3. The van der Waals surface area contributed by atoms with E-state index in [0.717, 1.165) is 31.7 Å². The molecule has 1 aliphatic rings. The molecule has 0 aromatic heterocycles. The van der Waals surface area contributed by atoms with Crippen LogP contribution in [0.5, 0.6) is 11.5 Å². The van der Waals surface area contributed by atoms with E-state index >= 15 is 0 Å². The number of hydrogen-bond acceptors (Lipinski definition) is 6. The molecule has 0 spiro atoms. The van der Waals surface area contributed by atoms with Gasteiger partial charge in [-0.2, -0.15) is 0 Å². The third kappa shape index (κ3) is 6.69. The molecule has 0 radical (unpaired) electrons. The highest BCUT2D eigenvalue weighted by Gasteiger charge is 2.18. The summed E-state index contributed by atoms with van der Waals surface area (Å²) in [7, 11) is 2.11. The Morgan fingerprint density at radius 3 is 2.33 bits per heavy atom. The summed E-state index contributed by atoms with van der Waals surface area (Å²) >= 11 is 0. The highest BCUT2D eigenvalue weighted by molar-refractivity contribution is 5.96. The first-order valence-electron chi connectivity index (χ1n) is 10.3. The van der Waals surface area contributed by atoms with Gasteiger partial charge in [-0.3, -0.25) is 9.69 Å². The number of carbonyl (C=O) groups is 1. The molecule has 1 aliphatic heterocycles. The van der Waals surface area contributed by atoms with Crippen molar-refractivity contribution < 1.29 is 19.4 Å². The molecule has 2 aromatic rings. The lowest BCUT2D eigenvalue weighted by Crippen LogP contribution is -2.47. The van der Waals surface area contributed by atoms with Crippen molar-refractivity contribution in [2.75, 3.05) is 46.4 Å². The van der Waals surface area contributed by atoms with Gasteiger partial charge in [-0.25, -0.2) is 0 Å². The molecular formula is C24H30N2O4. The number of piperazine rings is 1. The van der Waals surface area contributed by atoms with Gasteiger partial charge in [0.05, 0.1) is 0 Å². The van der Waals surface area contributed by atoms with Crippen LogP contribution >= 0.6 is 0 Å². The lowest BCUT2D eigenvalue weighted by atomic mass is 10.2. The van der Waals surface area contributed by atoms with Crippen LogP contribution in [0, 0.1) is 0 Å². The van der Waals surface area contributed by atoms with Crippen LogP contribution in [0.25, 0.3) is 6.08 Å². The molecular weight excluding hydrogens is 380 g/mol. The average Bonchev–Trinajstić information content (AvgIpc) is 2.75. The second-order valence-corrected chi connectivity index (χ2v) is 7.59. The van der Waals surface area contributed by atoms with E-state index in [9.17, 15) is 9.90 Å². The monoisotopic (exact) mass is 410 g/mol. The van der Waals surface area contributed by atoms with E-state index in [-0.39, 0.29) is 18.1 Å². The van der Waals surface area contributed by atoms with E-state index in [1.165, 1.54) is 6.92 Å². The minimum Gasteiger partial charge on any atom is -0.487 e. The fourth-order valence-corrected chi connectivity index (χ4v) is 3.24. The molecule has 1 atom stereocenters. The van der Waals surface area contributed by atoms with Crippen molar-refractivity contribution in [1.29, 1.82) is 0 Å². The van der Waals surface area contributed by atoms with Crippen LogP contribution in [0.3, 0.4) is 0 Å². The molecule has 1 fully saturated rings. The Balaban J connectivity index is 1.62. The summed E-state index contributed by atoms with van der Waals surface area (Å²) in [6.45, 7) is 6.10. The fraction of sp³-hybridized carbons (Fsp3) is 0.375. The van der Waals surface area contributed by atoms with E-state index in [4.69, 9.17) is 9.47 Å². The standard InChI is InChI=1S/C24H30N2O4/c1-19(27)24(16-20-8-4-3-5-9-20)30-23-11-7-6-10-22(23)29-18-21(28)17-26-14-12-25(2)13-15-26/h3-11,16,21,28H,12-15,17-18H2,1-2H3/b24-16+. The number of β-amino-alcohol motifs (C(OH)–C–C–N with tert-alkyl or cyclic N) is 1. The highest BCUT2D eigenvalue weighted by Crippen LogP contribution is 2.29. The SMILES string of the molecule is CC(=O)/C(=C\c1ccccc1)Oc1ccccc1OCC(O)CN1CCN(C)CC1.